The number of benzene rings is 2. The fraction of sp³-hybridized carbons (Fsp3) is 0.200. The molecule has 0 aliphatic carbocycles. The molecule has 0 saturated carbocycles. The van der Waals surface area contributed by atoms with Gasteiger partial charge in [-0.2, -0.15) is 0 Å². The monoisotopic (exact) mass is 463 g/mol. The molecule has 1 aliphatic heterocycles. The average molecular weight is 464 g/mol. The number of aromatic nitrogens is 1. The lowest BCUT2D eigenvalue weighted by atomic mass is 10.1. The molecule has 8 heteroatoms. The van der Waals surface area contributed by atoms with E-state index in [1.165, 1.54) is 17.3 Å². The fourth-order valence-electron chi connectivity index (χ4n) is 3.13. The van der Waals surface area contributed by atoms with E-state index in [0.717, 1.165) is 22.6 Å². The van der Waals surface area contributed by atoms with Crippen molar-refractivity contribution in [1.29, 1.82) is 0 Å². The summed E-state index contributed by atoms with van der Waals surface area (Å²) in [7, 11) is 0. The number of carbonyl (C=O) groups is 3. The highest BCUT2D eigenvalue weighted by Crippen LogP contribution is 2.36. The number of carboxylic acid groups (broad SMARTS) is 1. The lowest BCUT2D eigenvalue weighted by Crippen LogP contribution is -2.30. The van der Waals surface area contributed by atoms with Crippen LogP contribution in [0.3, 0.4) is 0 Å². The molecule has 0 bridgehead atoms. The number of amides is 2. The molecule has 3 N–H and O–H groups in total. The van der Waals surface area contributed by atoms with Crippen LogP contribution >= 0.6 is 11.8 Å². The number of carbonyl (C=O) groups excluding carboxylic acids is 2. The second kappa shape index (κ2) is 12.4. The van der Waals surface area contributed by atoms with Crippen LogP contribution in [-0.2, 0) is 27.2 Å². The third-order valence-electron chi connectivity index (χ3n) is 4.73. The number of thioether (sulfide) groups is 1. The number of aliphatic carboxylic acids is 1. The first-order valence-electron chi connectivity index (χ1n) is 10.5. The molecule has 2 aromatic carbocycles. The Hall–Kier alpha value is -3.65. The zero-order valence-corrected chi connectivity index (χ0v) is 18.8. The minimum atomic E-state index is -0.956. The molecule has 170 valence electrons. The van der Waals surface area contributed by atoms with E-state index in [4.69, 9.17) is 5.11 Å². The van der Waals surface area contributed by atoms with Crippen molar-refractivity contribution >= 4 is 35.2 Å². The van der Waals surface area contributed by atoms with Gasteiger partial charge < -0.3 is 15.7 Å². The maximum absolute atomic E-state index is 11.7. The van der Waals surface area contributed by atoms with E-state index in [-0.39, 0.29) is 18.2 Å². The van der Waals surface area contributed by atoms with E-state index >= 15 is 0 Å². The first-order chi connectivity index (χ1) is 16.0. The van der Waals surface area contributed by atoms with Gasteiger partial charge in [-0.05, 0) is 35.7 Å². The van der Waals surface area contributed by atoms with Crippen molar-refractivity contribution in [3.63, 3.8) is 0 Å². The van der Waals surface area contributed by atoms with Gasteiger partial charge in [0.15, 0.2) is 0 Å². The van der Waals surface area contributed by atoms with Crippen molar-refractivity contribution in [1.82, 2.24) is 10.3 Å². The second-order valence-electron chi connectivity index (χ2n) is 7.31. The number of hydrogen-bond acceptors (Lipinski definition) is 5. The molecule has 0 radical (unpaired) electrons. The van der Waals surface area contributed by atoms with Crippen molar-refractivity contribution in [2.75, 3.05) is 11.9 Å². The summed E-state index contributed by atoms with van der Waals surface area (Å²) in [4.78, 5) is 38.6. The number of anilines is 1. The third kappa shape index (κ3) is 8.08. The highest BCUT2D eigenvalue weighted by atomic mass is 32.2. The van der Waals surface area contributed by atoms with E-state index < -0.39 is 11.2 Å². The summed E-state index contributed by atoms with van der Waals surface area (Å²) in [6.45, 7) is 0.670. The normalized spacial score (nSPS) is 14.2. The molecule has 1 aliphatic rings. The lowest BCUT2D eigenvalue weighted by Gasteiger charge is -2.22. The summed E-state index contributed by atoms with van der Waals surface area (Å²) in [6, 6.07) is 21.2. The number of pyridine rings is 1. The highest BCUT2D eigenvalue weighted by molar-refractivity contribution is 8.01. The standard InChI is InChI=1S/C15H16N2O.C10H9NO3S/c18-15(11-14-7-4-9-16-12-14)17-10-8-13-5-2-1-3-6-13;12-9(13)5-8-10(14)11-6-3-1-2-4-7(6)15-8/h1-7,9,12H,8,10-11H2,(H,17,18);1-4,8H,5H2,(H,11,14)(H,12,13). The van der Waals surface area contributed by atoms with Gasteiger partial charge in [-0.1, -0.05) is 48.5 Å². The molecule has 3 aromatic rings. The van der Waals surface area contributed by atoms with Gasteiger partial charge >= 0.3 is 5.97 Å². The SMILES string of the molecule is O=C(Cc1cccnc1)NCCc1ccccc1.O=C(O)CC1Sc2ccccc2NC1=O. The number of para-hydroxylation sites is 1. The molecule has 4 rings (SSSR count). The van der Waals surface area contributed by atoms with Crippen LogP contribution in [0.5, 0.6) is 0 Å². The summed E-state index contributed by atoms with van der Waals surface area (Å²) in [5.74, 6) is -1.15. The van der Waals surface area contributed by atoms with Crippen molar-refractivity contribution < 1.29 is 19.5 Å². The third-order valence-corrected chi connectivity index (χ3v) is 6.01. The zero-order valence-electron chi connectivity index (χ0n) is 17.9. The quantitative estimate of drug-likeness (QED) is 0.494. The van der Waals surface area contributed by atoms with E-state index in [9.17, 15) is 14.4 Å². The largest absolute Gasteiger partial charge is 0.481 e. The smallest absolute Gasteiger partial charge is 0.305 e. The van der Waals surface area contributed by atoms with E-state index in [1.807, 2.05) is 48.5 Å². The Morgan fingerprint density at radius 2 is 1.73 bits per heavy atom. The molecular weight excluding hydrogens is 438 g/mol. The minimum absolute atomic E-state index is 0.0407. The lowest BCUT2D eigenvalue weighted by molar-refractivity contribution is -0.138. The Labute approximate surface area is 196 Å². The minimum Gasteiger partial charge on any atom is -0.481 e. The molecule has 7 nitrogen and oxygen atoms in total. The van der Waals surface area contributed by atoms with E-state index in [1.54, 1.807) is 18.5 Å². The number of nitrogens with one attached hydrogen (secondary N) is 2. The number of fused-ring (bicyclic) bond motifs is 1. The van der Waals surface area contributed by atoms with Crippen LogP contribution in [0.25, 0.3) is 0 Å². The molecule has 0 fully saturated rings. The predicted octanol–water partition coefficient (Wildman–Crippen LogP) is 3.56. The second-order valence-corrected chi connectivity index (χ2v) is 8.56. The Kier molecular flexibility index (Phi) is 9.02. The first-order valence-corrected chi connectivity index (χ1v) is 11.4. The van der Waals surface area contributed by atoms with Crippen LogP contribution in [0, 0.1) is 0 Å². The van der Waals surface area contributed by atoms with Gasteiger partial charge in [0.05, 0.1) is 23.8 Å². The molecule has 1 atom stereocenters. The maximum atomic E-state index is 11.7. The van der Waals surface area contributed by atoms with E-state index in [2.05, 4.69) is 27.8 Å². The van der Waals surface area contributed by atoms with E-state index in [0.29, 0.717) is 13.0 Å². The number of rotatable bonds is 7. The molecule has 0 spiro atoms. The van der Waals surface area contributed by atoms with Crippen LogP contribution in [-0.4, -0.2) is 39.7 Å². The average Bonchev–Trinajstić information content (AvgIpc) is 2.81. The highest BCUT2D eigenvalue weighted by Gasteiger charge is 2.28. The van der Waals surface area contributed by atoms with Crippen LogP contribution in [0.1, 0.15) is 17.5 Å². The molecular formula is C25H25N3O4S. The van der Waals surface area contributed by atoms with Crippen LogP contribution < -0.4 is 10.6 Å². The Bertz CT molecular complexity index is 1080. The van der Waals surface area contributed by atoms with Crippen LogP contribution in [0.2, 0.25) is 0 Å². The summed E-state index contributed by atoms with van der Waals surface area (Å²) in [5, 5.41) is 13.7. The van der Waals surface area contributed by atoms with Gasteiger partial charge in [0.1, 0.15) is 0 Å². The fourth-order valence-corrected chi connectivity index (χ4v) is 4.23. The van der Waals surface area contributed by atoms with Gasteiger partial charge in [0.25, 0.3) is 0 Å². The number of carboxylic acids is 1. The Morgan fingerprint density at radius 3 is 2.45 bits per heavy atom. The molecule has 2 heterocycles. The first kappa shape index (κ1) is 24.0. The van der Waals surface area contributed by atoms with Crippen LogP contribution in [0.15, 0.2) is 84.0 Å². The van der Waals surface area contributed by atoms with Crippen molar-refractivity contribution in [2.24, 2.45) is 0 Å². The molecule has 1 aromatic heterocycles. The van der Waals surface area contributed by atoms with Crippen molar-refractivity contribution in [2.45, 2.75) is 29.4 Å². The Morgan fingerprint density at radius 1 is 1.00 bits per heavy atom. The zero-order chi connectivity index (χ0) is 23.5. The van der Waals surface area contributed by atoms with Gasteiger partial charge in [-0.25, -0.2) is 0 Å². The van der Waals surface area contributed by atoms with Gasteiger partial charge in [0, 0.05) is 23.8 Å². The molecule has 33 heavy (non-hydrogen) atoms. The summed E-state index contributed by atoms with van der Waals surface area (Å²) in [6.07, 6.45) is 4.53. The predicted molar refractivity (Wildman–Crippen MR) is 128 cm³/mol. The van der Waals surface area contributed by atoms with Crippen LogP contribution in [0.4, 0.5) is 5.69 Å². The van der Waals surface area contributed by atoms with Gasteiger partial charge in [0.2, 0.25) is 11.8 Å². The van der Waals surface area contributed by atoms with Crippen molar-refractivity contribution in [3.8, 4) is 0 Å². The van der Waals surface area contributed by atoms with Gasteiger partial charge in [-0.15, -0.1) is 11.8 Å². The summed E-state index contributed by atoms with van der Waals surface area (Å²) < 4.78 is 0. The topological polar surface area (TPSA) is 108 Å². The summed E-state index contributed by atoms with van der Waals surface area (Å²) in [5.41, 5.74) is 2.93. The number of hydrogen-bond donors (Lipinski definition) is 3. The summed E-state index contributed by atoms with van der Waals surface area (Å²) >= 11 is 1.30. The maximum Gasteiger partial charge on any atom is 0.305 e. The molecule has 0 saturated heterocycles. The van der Waals surface area contributed by atoms with Crippen molar-refractivity contribution in [3.05, 3.63) is 90.3 Å². The molecule has 1 unspecified atom stereocenters. The molecule has 2 amide bonds. The number of nitrogens with zero attached hydrogens (tertiary/aromatic N) is 1. The van der Waals surface area contributed by atoms with Gasteiger partial charge in [-0.3, -0.25) is 19.4 Å². The Balaban J connectivity index is 0.000000189.